The van der Waals surface area contributed by atoms with E-state index in [1.54, 1.807) is 13.2 Å². The summed E-state index contributed by atoms with van der Waals surface area (Å²) in [5.74, 6) is 0.572. The highest BCUT2D eigenvalue weighted by Crippen LogP contribution is 2.29. The predicted molar refractivity (Wildman–Crippen MR) is 77.3 cm³/mol. The highest BCUT2D eigenvalue weighted by atomic mass is 16.5. The summed E-state index contributed by atoms with van der Waals surface area (Å²) in [7, 11) is 1.54. The van der Waals surface area contributed by atoms with Crippen molar-refractivity contribution < 1.29 is 19.4 Å². The number of hydrogen-bond donors (Lipinski definition) is 2. The Labute approximate surface area is 119 Å². The Morgan fingerprint density at radius 1 is 1.30 bits per heavy atom. The molecular formula is C15H23NO4. The van der Waals surface area contributed by atoms with Gasteiger partial charge in [0.05, 0.1) is 7.11 Å². The first-order valence-corrected chi connectivity index (χ1v) is 6.71. The zero-order valence-corrected chi connectivity index (χ0v) is 12.5. The number of aliphatic carboxylic acids is 1. The van der Waals surface area contributed by atoms with E-state index in [1.165, 1.54) is 6.92 Å². The SMILES string of the molecule is COc1cc(CNCC(C)C)ccc1OC(C)C(=O)O. The van der Waals surface area contributed by atoms with Gasteiger partial charge in [-0.25, -0.2) is 4.79 Å². The standard InChI is InChI=1S/C15H23NO4/c1-10(2)8-16-9-12-5-6-13(14(7-12)19-4)20-11(3)15(17)18/h5-7,10-11,16H,8-9H2,1-4H3,(H,17,18). The van der Waals surface area contributed by atoms with E-state index in [2.05, 4.69) is 19.2 Å². The van der Waals surface area contributed by atoms with Crippen molar-refractivity contribution in [2.24, 2.45) is 5.92 Å². The van der Waals surface area contributed by atoms with Crippen LogP contribution in [0.5, 0.6) is 11.5 Å². The zero-order chi connectivity index (χ0) is 15.1. The van der Waals surface area contributed by atoms with E-state index < -0.39 is 12.1 Å². The lowest BCUT2D eigenvalue weighted by Crippen LogP contribution is -2.23. The Morgan fingerprint density at radius 2 is 2.00 bits per heavy atom. The van der Waals surface area contributed by atoms with Gasteiger partial charge in [-0.15, -0.1) is 0 Å². The van der Waals surface area contributed by atoms with Crippen LogP contribution in [0.15, 0.2) is 18.2 Å². The molecule has 1 rings (SSSR count). The molecule has 0 radical (unpaired) electrons. The van der Waals surface area contributed by atoms with Crippen LogP contribution in [0.25, 0.3) is 0 Å². The van der Waals surface area contributed by atoms with E-state index in [0.29, 0.717) is 17.4 Å². The fourth-order valence-electron chi connectivity index (χ4n) is 1.67. The molecule has 0 spiro atoms. The number of carboxylic acids is 1. The lowest BCUT2D eigenvalue weighted by Gasteiger charge is -2.15. The third kappa shape index (κ3) is 5.09. The summed E-state index contributed by atoms with van der Waals surface area (Å²) in [6.45, 7) is 7.47. The molecule has 5 nitrogen and oxygen atoms in total. The lowest BCUT2D eigenvalue weighted by molar-refractivity contribution is -0.144. The summed E-state index contributed by atoms with van der Waals surface area (Å²) >= 11 is 0. The van der Waals surface area contributed by atoms with Crippen molar-refractivity contribution in [3.63, 3.8) is 0 Å². The lowest BCUT2D eigenvalue weighted by atomic mass is 10.1. The van der Waals surface area contributed by atoms with Crippen LogP contribution in [0, 0.1) is 5.92 Å². The molecule has 0 saturated heterocycles. The summed E-state index contributed by atoms with van der Waals surface area (Å²) in [4.78, 5) is 10.8. The molecule has 0 aliphatic carbocycles. The van der Waals surface area contributed by atoms with Gasteiger partial charge in [0.2, 0.25) is 0 Å². The maximum absolute atomic E-state index is 10.8. The van der Waals surface area contributed by atoms with E-state index in [4.69, 9.17) is 14.6 Å². The first-order chi connectivity index (χ1) is 9.43. The van der Waals surface area contributed by atoms with Crippen molar-refractivity contribution in [1.82, 2.24) is 5.32 Å². The van der Waals surface area contributed by atoms with Crippen LogP contribution in [-0.2, 0) is 11.3 Å². The van der Waals surface area contributed by atoms with E-state index >= 15 is 0 Å². The van der Waals surface area contributed by atoms with Gasteiger partial charge in [-0.3, -0.25) is 0 Å². The summed E-state index contributed by atoms with van der Waals surface area (Å²) in [5, 5.41) is 12.2. The largest absolute Gasteiger partial charge is 0.493 e. The second kappa shape index (κ2) is 7.75. The maximum Gasteiger partial charge on any atom is 0.344 e. The van der Waals surface area contributed by atoms with E-state index in [9.17, 15) is 4.79 Å². The zero-order valence-electron chi connectivity index (χ0n) is 12.5. The van der Waals surface area contributed by atoms with Gasteiger partial charge in [0.25, 0.3) is 0 Å². The number of ether oxygens (including phenoxy) is 2. The molecule has 1 unspecified atom stereocenters. The number of hydrogen-bond acceptors (Lipinski definition) is 4. The molecule has 5 heteroatoms. The highest BCUT2D eigenvalue weighted by molar-refractivity contribution is 5.72. The van der Waals surface area contributed by atoms with Crippen molar-refractivity contribution in [3.05, 3.63) is 23.8 Å². The molecular weight excluding hydrogens is 258 g/mol. The molecule has 1 atom stereocenters. The van der Waals surface area contributed by atoms with Gasteiger partial charge in [0.15, 0.2) is 17.6 Å². The predicted octanol–water partition coefficient (Wildman–Crippen LogP) is 2.29. The summed E-state index contributed by atoms with van der Waals surface area (Å²) in [6.07, 6.45) is -0.909. The van der Waals surface area contributed by atoms with E-state index in [0.717, 1.165) is 18.7 Å². The van der Waals surface area contributed by atoms with Crippen molar-refractivity contribution in [3.8, 4) is 11.5 Å². The van der Waals surface area contributed by atoms with Gasteiger partial charge in [-0.2, -0.15) is 0 Å². The molecule has 0 amide bonds. The summed E-state index contributed by atoms with van der Waals surface area (Å²) < 4.78 is 10.6. The third-order valence-corrected chi connectivity index (χ3v) is 2.76. The highest BCUT2D eigenvalue weighted by Gasteiger charge is 2.15. The molecule has 1 aromatic carbocycles. The minimum absolute atomic E-state index is 0.440. The molecule has 0 bridgehead atoms. The molecule has 0 aliphatic rings. The van der Waals surface area contributed by atoms with Gasteiger partial charge in [0, 0.05) is 6.54 Å². The Morgan fingerprint density at radius 3 is 2.55 bits per heavy atom. The van der Waals surface area contributed by atoms with Gasteiger partial charge < -0.3 is 19.9 Å². The van der Waals surface area contributed by atoms with Crippen LogP contribution in [0.1, 0.15) is 26.3 Å². The van der Waals surface area contributed by atoms with Crippen molar-refractivity contribution >= 4 is 5.97 Å². The van der Waals surface area contributed by atoms with Crippen LogP contribution in [0.3, 0.4) is 0 Å². The van der Waals surface area contributed by atoms with Gasteiger partial charge >= 0.3 is 5.97 Å². The minimum atomic E-state index is -1.00. The number of nitrogens with one attached hydrogen (secondary N) is 1. The molecule has 0 heterocycles. The second-order valence-electron chi connectivity index (χ2n) is 5.11. The fraction of sp³-hybridized carbons (Fsp3) is 0.533. The van der Waals surface area contributed by atoms with Crippen LogP contribution in [0.2, 0.25) is 0 Å². The van der Waals surface area contributed by atoms with E-state index in [-0.39, 0.29) is 0 Å². The molecule has 112 valence electrons. The van der Waals surface area contributed by atoms with Gasteiger partial charge in [0.1, 0.15) is 0 Å². The van der Waals surface area contributed by atoms with Crippen LogP contribution in [0.4, 0.5) is 0 Å². The molecule has 0 fully saturated rings. The second-order valence-corrected chi connectivity index (χ2v) is 5.11. The first kappa shape index (κ1) is 16.3. The fourth-order valence-corrected chi connectivity index (χ4v) is 1.67. The normalized spacial score (nSPS) is 12.2. The van der Waals surface area contributed by atoms with Crippen molar-refractivity contribution in [1.29, 1.82) is 0 Å². The molecule has 0 aliphatic heterocycles. The molecule has 20 heavy (non-hydrogen) atoms. The molecule has 0 aromatic heterocycles. The Hall–Kier alpha value is -1.75. The minimum Gasteiger partial charge on any atom is -0.493 e. The Balaban J connectivity index is 2.72. The monoisotopic (exact) mass is 281 g/mol. The molecule has 1 aromatic rings. The van der Waals surface area contributed by atoms with Crippen LogP contribution >= 0.6 is 0 Å². The molecule has 2 N–H and O–H groups in total. The summed E-state index contributed by atoms with van der Waals surface area (Å²) in [5.41, 5.74) is 1.07. The number of benzene rings is 1. The Kier molecular flexibility index (Phi) is 6.31. The van der Waals surface area contributed by atoms with Crippen LogP contribution in [-0.4, -0.2) is 30.8 Å². The van der Waals surface area contributed by atoms with Gasteiger partial charge in [-0.1, -0.05) is 19.9 Å². The average Bonchev–Trinajstić information content (AvgIpc) is 2.39. The maximum atomic E-state index is 10.8. The number of carbonyl (C=O) groups is 1. The number of rotatable bonds is 8. The smallest absolute Gasteiger partial charge is 0.344 e. The van der Waals surface area contributed by atoms with Crippen molar-refractivity contribution in [2.45, 2.75) is 33.4 Å². The average molecular weight is 281 g/mol. The quantitative estimate of drug-likeness (QED) is 0.765. The first-order valence-electron chi connectivity index (χ1n) is 6.71. The van der Waals surface area contributed by atoms with Crippen molar-refractivity contribution in [2.75, 3.05) is 13.7 Å². The van der Waals surface area contributed by atoms with Crippen LogP contribution < -0.4 is 14.8 Å². The number of carboxylic acid groups (broad SMARTS) is 1. The van der Waals surface area contributed by atoms with E-state index in [1.807, 2.05) is 12.1 Å². The summed E-state index contributed by atoms with van der Waals surface area (Å²) in [6, 6.07) is 5.50. The molecule has 0 saturated carbocycles. The van der Waals surface area contributed by atoms with Gasteiger partial charge in [-0.05, 0) is 37.1 Å². The number of methoxy groups -OCH3 is 1. The Bertz CT molecular complexity index is 445. The topological polar surface area (TPSA) is 67.8 Å². The third-order valence-electron chi connectivity index (χ3n) is 2.76.